The highest BCUT2D eigenvalue weighted by atomic mass is 16.5. The van der Waals surface area contributed by atoms with Gasteiger partial charge in [0.2, 0.25) is 5.91 Å². The fraction of sp³-hybridized carbons (Fsp3) is 0.286. The maximum absolute atomic E-state index is 12.8. The van der Waals surface area contributed by atoms with Gasteiger partial charge >= 0.3 is 0 Å². The maximum atomic E-state index is 12.8. The second kappa shape index (κ2) is 6.89. The van der Waals surface area contributed by atoms with Crippen LogP contribution in [-0.4, -0.2) is 34.1 Å². The number of nitrogen functional groups attached to an aromatic ring is 1. The molecule has 2 atom stereocenters. The van der Waals surface area contributed by atoms with Crippen molar-refractivity contribution in [2.24, 2.45) is 0 Å². The summed E-state index contributed by atoms with van der Waals surface area (Å²) in [5.74, 6) is 0.660. The SMILES string of the molecule is Nc1cccc(OCc2cn(C3COCC4(C3)C(=O)Nc3ccccc34)nn2)c1. The van der Waals surface area contributed by atoms with Gasteiger partial charge in [-0.15, -0.1) is 5.10 Å². The van der Waals surface area contributed by atoms with E-state index in [1.165, 1.54) is 0 Å². The smallest absolute Gasteiger partial charge is 0.237 e. The Morgan fingerprint density at radius 3 is 3.07 bits per heavy atom. The lowest BCUT2D eigenvalue weighted by atomic mass is 9.76. The van der Waals surface area contributed by atoms with Crippen LogP contribution in [0, 0.1) is 0 Å². The lowest BCUT2D eigenvalue weighted by Crippen LogP contribution is -2.46. The third-order valence-electron chi connectivity index (χ3n) is 5.54. The van der Waals surface area contributed by atoms with E-state index in [1.54, 1.807) is 16.8 Å². The first-order valence-corrected chi connectivity index (χ1v) is 9.52. The van der Waals surface area contributed by atoms with Crippen molar-refractivity contribution in [3.8, 4) is 5.75 Å². The Morgan fingerprint density at radius 2 is 2.17 bits per heavy atom. The molecule has 0 saturated carbocycles. The van der Waals surface area contributed by atoms with E-state index in [0.717, 1.165) is 11.3 Å². The summed E-state index contributed by atoms with van der Waals surface area (Å²) in [7, 11) is 0. The lowest BCUT2D eigenvalue weighted by molar-refractivity contribution is -0.127. The van der Waals surface area contributed by atoms with E-state index in [9.17, 15) is 4.79 Å². The monoisotopic (exact) mass is 391 g/mol. The first kappa shape index (κ1) is 17.7. The minimum Gasteiger partial charge on any atom is -0.487 e. The number of hydrogen-bond acceptors (Lipinski definition) is 6. The highest BCUT2D eigenvalue weighted by Gasteiger charge is 2.50. The van der Waals surface area contributed by atoms with Crippen LogP contribution in [0.4, 0.5) is 11.4 Å². The zero-order valence-corrected chi connectivity index (χ0v) is 15.7. The van der Waals surface area contributed by atoms with Crippen LogP contribution < -0.4 is 15.8 Å². The number of nitrogens with zero attached hydrogens (tertiary/aromatic N) is 3. The largest absolute Gasteiger partial charge is 0.487 e. The van der Waals surface area contributed by atoms with Crippen LogP contribution in [0.1, 0.15) is 23.7 Å². The average molecular weight is 391 g/mol. The van der Waals surface area contributed by atoms with Crippen LogP contribution in [-0.2, 0) is 21.6 Å². The summed E-state index contributed by atoms with van der Waals surface area (Å²) in [5.41, 5.74) is 8.27. The van der Waals surface area contributed by atoms with Gasteiger partial charge in [0.25, 0.3) is 0 Å². The Labute approximate surface area is 167 Å². The molecule has 0 aliphatic carbocycles. The summed E-state index contributed by atoms with van der Waals surface area (Å²) in [6.45, 7) is 1.13. The van der Waals surface area contributed by atoms with Gasteiger partial charge in [-0.25, -0.2) is 4.68 Å². The molecule has 2 aromatic carbocycles. The highest BCUT2D eigenvalue weighted by molar-refractivity contribution is 6.06. The number of ether oxygens (including phenoxy) is 2. The number of nitrogens with two attached hydrogens (primary N) is 1. The number of hydrogen-bond donors (Lipinski definition) is 2. The number of aromatic nitrogens is 3. The van der Waals surface area contributed by atoms with Gasteiger partial charge in [-0.05, 0) is 30.2 Å². The molecular weight excluding hydrogens is 370 g/mol. The highest BCUT2D eigenvalue weighted by Crippen LogP contribution is 2.45. The molecule has 1 saturated heterocycles. The van der Waals surface area contributed by atoms with Gasteiger partial charge in [0, 0.05) is 17.4 Å². The molecule has 1 aromatic heterocycles. The third kappa shape index (κ3) is 3.11. The average Bonchev–Trinajstić information content (AvgIpc) is 3.31. The molecule has 3 heterocycles. The van der Waals surface area contributed by atoms with Gasteiger partial charge in [0.1, 0.15) is 23.5 Å². The summed E-state index contributed by atoms with van der Waals surface area (Å²) in [6.07, 6.45) is 2.45. The van der Waals surface area contributed by atoms with Crippen molar-refractivity contribution in [1.29, 1.82) is 0 Å². The van der Waals surface area contributed by atoms with Crippen LogP contribution in [0.5, 0.6) is 5.75 Å². The number of amides is 1. The Hall–Kier alpha value is -3.39. The van der Waals surface area contributed by atoms with Crippen LogP contribution in [0.15, 0.2) is 54.7 Å². The third-order valence-corrected chi connectivity index (χ3v) is 5.54. The molecule has 0 bridgehead atoms. The fourth-order valence-corrected chi connectivity index (χ4v) is 4.10. The molecule has 2 aliphatic heterocycles. The molecule has 1 fully saturated rings. The number of benzene rings is 2. The second-order valence-corrected chi connectivity index (χ2v) is 7.51. The van der Waals surface area contributed by atoms with E-state index in [2.05, 4.69) is 15.6 Å². The summed E-state index contributed by atoms with van der Waals surface area (Å²) >= 11 is 0. The Kier molecular flexibility index (Phi) is 4.21. The number of nitrogens with one attached hydrogen (secondary N) is 1. The van der Waals surface area contributed by atoms with E-state index in [-0.39, 0.29) is 18.6 Å². The van der Waals surface area contributed by atoms with Gasteiger partial charge in [0.15, 0.2) is 0 Å². The number of para-hydroxylation sites is 1. The van der Waals surface area contributed by atoms with Crippen molar-refractivity contribution in [1.82, 2.24) is 15.0 Å². The zero-order valence-electron chi connectivity index (χ0n) is 15.7. The molecule has 148 valence electrons. The quantitative estimate of drug-likeness (QED) is 0.662. The summed E-state index contributed by atoms with van der Waals surface area (Å²) in [6, 6.07) is 14.9. The van der Waals surface area contributed by atoms with Crippen molar-refractivity contribution >= 4 is 17.3 Å². The van der Waals surface area contributed by atoms with E-state index in [4.69, 9.17) is 15.2 Å². The molecule has 8 nitrogen and oxygen atoms in total. The Morgan fingerprint density at radius 1 is 1.28 bits per heavy atom. The number of rotatable bonds is 4. The normalized spacial score (nSPS) is 23.0. The van der Waals surface area contributed by atoms with Crippen LogP contribution >= 0.6 is 0 Å². The molecule has 29 heavy (non-hydrogen) atoms. The first-order chi connectivity index (χ1) is 14.1. The van der Waals surface area contributed by atoms with Crippen molar-refractivity contribution in [2.45, 2.75) is 24.5 Å². The molecule has 1 spiro atoms. The minimum atomic E-state index is -0.691. The van der Waals surface area contributed by atoms with Crippen molar-refractivity contribution < 1.29 is 14.3 Å². The molecule has 0 radical (unpaired) electrons. The molecule has 3 N–H and O–H groups in total. The molecule has 3 aromatic rings. The van der Waals surface area contributed by atoms with E-state index in [0.29, 0.717) is 36.8 Å². The number of fused-ring (bicyclic) bond motifs is 2. The first-order valence-electron chi connectivity index (χ1n) is 9.52. The van der Waals surface area contributed by atoms with Crippen molar-refractivity contribution in [3.63, 3.8) is 0 Å². The fourth-order valence-electron chi connectivity index (χ4n) is 4.10. The topological polar surface area (TPSA) is 104 Å². The minimum absolute atomic E-state index is 0.0197. The molecular formula is C21H21N5O3. The van der Waals surface area contributed by atoms with Crippen LogP contribution in [0.2, 0.25) is 0 Å². The molecule has 2 aliphatic rings. The summed E-state index contributed by atoms with van der Waals surface area (Å²) in [5, 5.41) is 11.4. The standard InChI is InChI=1S/C21H21N5O3/c22-14-4-3-5-17(8-14)29-11-15-10-26(25-24-15)16-9-21(13-28-12-16)18-6-1-2-7-19(18)23-20(21)27/h1-8,10,16H,9,11-13,22H2,(H,23,27). The molecule has 5 rings (SSSR count). The second-order valence-electron chi connectivity index (χ2n) is 7.51. The van der Waals surface area contributed by atoms with Crippen LogP contribution in [0.3, 0.4) is 0 Å². The predicted molar refractivity (Wildman–Crippen MR) is 106 cm³/mol. The van der Waals surface area contributed by atoms with E-state index < -0.39 is 5.41 Å². The number of carbonyl (C=O) groups is 1. The zero-order chi connectivity index (χ0) is 19.8. The summed E-state index contributed by atoms with van der Waals surface area (Å²) in [4.78, 5) is 12.8. The molecule has 2 unspecified atom stereocenters. The van der Waals surface area contributed by atoms with E-state index >= 15 is 0 Å². The van der Waals surface area contributed by atoms with Gasteiger partial charge in [-0.2, -0.15) is 0 Å². The van der Waals surface area contributed by atoms with E-state index in [1.807, 2.05) is 42.6 Å². The van der Waals surface area contributed by atoms with Crippen molar-refractivity contribution in [3.05, 3.63) is 66.0 Å². The molecule has 8 heteroatoms. The number of carbonyl (C=O) groups excluding carboxylic acids is 1. The van der Waals surface area contributed by atoms with Crippen LogP contribution in [0.25, 0.3) is 0 Å². The Bertz CT molecular complexity index is 1070. The lowest BCUT2D eigenvalue weighted by Gasteiger charge is -2.36. The predicted octanol–water partition coefficient (Wildman–Crippen LogP) is 2.29. The van der Waals surface area contributed by atoms with Crippen molar-refractivity contribution in [2.75, 3.05) is 24.3 Å². The number of anilines is 2. The maximum Gasteiger partial charge on any atom is 0.237 e. The van der Waals surface area contributed by atoms with Gasteiger partial charge < -0.3 is 20.5 Å². The Balaban J connectivity index is 1.33. The van der Waals surface area contributed by atoms with Gasteiger partial charge in [-0.1, -0.05) is 29.5 Å². The summed E-state index contributed by atoms with van der Waals surface area (Å²) < 4.78 is 13.4. The van der Waals surface area contributed by atoms with Gasteiger partial charge in [-0.3, -0.25) is 4.79 Å². The van der Waals surface area contributed by atoms with Gasteiger partial charge in [0.05, 0.1) is 25.5 Å². The molecule has 1 amide bonds.